The Morgan fingerprint density at radius 1 is 1.29 bits per heavy atom. The number of nitrogens with one attached hydrogen (secondary N) is 2. The van der Waals surface area contributed by atoms with Crippen LogP contribution in [0.1, 0.15) is 26.2 Å². The predicted octanol–water partition coefficient (Wildman–Crippen LogP) is 2.68. The lowest BCUT2D eigenvalue weighted by molar-refractivity contribution is -0.384. The summed E-state index contributed by atoms with van der Waals surface area (Å²) >= 11 is 0. The van der Waals surface area contributed by atoms with Crippen molar-refractivity contribution in [1.29, 1.82) is 0 Å². The van der Waals surface area contributed by atoms with E-state index in [2.05, 4.69) is 15.5 Å². The molecule has 114 valence electrons. The summed E-state index contributed by atoms with van der Waals surface area (Å²) in [5.74, 6) is 0. The summed E-state index contributed by atoms with van der Waals surface area (Å²) in [6, 6.07) is 6.35. The maximum Gasteiger partial charge on any atom is 0.273 e. The predicted molar refractivity (Wildman–Crippen MR) is 83.9 cm³/mol. The second-order valence-electron chi connectivity index (χ2n) is 5.91. The third kappa shape index (κ3) is 3.44. The molecule has 0 spiro atoms. The van der Waals surface area contributed by atoms with Crippen LogP contribution in [0.15, 0.2) is 18.2 Å². The zero-order valence-corrected chi connectivity index (χ0v) is 12.3. The van der Waals surface area contributed by atoms with Crippen LogP contribution in [0.4, 0.5) is 17.1 Å². The van der Waals surface area contributed by atoms with Gasteiger partial charge in [-0.25, -0.2) is 0 Å². The van der Waals surface area contributed by atoms with Crippen molar-refractivity contribution in [3.63, 3.8) is 0 Å². The fourth-order valence-corrected chi connectivity index (χ4v) is 3.02. The van der Waals surface area contributed by atoms with Gasteiger partial charge in [0, 0.05) is 55.2 Å². The molecule has 1 saturated heterocycles. The van der Waals surface area contributed by atoms with Crippen molar-refractivity contribution in [2.24, 2.45) is 0 Å². The number of nitro groups is 1. The van der Waals surface area contributed by atoms with E-state index in [1.54, 1.807) is 12.1 Å². The van der Waals surface area contributed by atoms with E-state index in [1.165, 1.54) is 12.8 Å². The fourth-order valence-electron chi connectivity index (χ4n) is 3.02. The molecule has 2 N–H and O–H groups in total. The van der Waals surface area contributed by atoms with Crippen molar-refractivity contribution in [3.8, 4) is 0 Å². The highest BCUT2D eigenvalue weighted by Gasteiger charge is 2.34. The van der Waals surface area contributed by atoms with Gasteiger partial charge < -0.3 is 10.6 Å². The Hall–Kier alpha value is -1.82. The molecule has 1 heterocycles. The minimum Gasteiger partial charge on any atom is -0.385 e. The van der Waals surface area contributed by atoms with Crippen molar-refractivity contribution in [2.45, 2.75) is 38.3 Å². The molecular weight excluding hydrogens is 268 g/mol. The molecule has 2 aliphatic rings. The Bertz CT molecular complexity index is 530. The van der Waals surface area contributed by atoms with E-state index >= 15 is 0 Å². The molecule has 1 aliphatic carbocycles. The largest absolute Gasteiger partial charge is 0.385 e. The summed E-state index contributed by atoms with van der Waals surface area (Å²) in [6.45, 7) is 4.91. The second-order valence-corrected chi connectivity index (χ2v) is 5.91. The van der Waals surface area contributed by atoms with Gasteiger partial charge in [0.15, 0.2) is 0 Å². The number of hydrogen-bond donors (Lipinski definition) is 2. The molecule has 1 aliphatic heterocycles. The number of likely N-dealkylation sites (tertiary alicyclic amines) is 1. The van der Waals surface area contributed by atoms with Crippen molar-refractivity contribution >= 4 is 17.1 Å². The quantitative estimate of drug-likeness (QED) is 0.622. The highest BCUT2D eigenvalue weighted by molar-refractivity contribution is 5.63. The molecule has 1 aromatic rings. The molecule has 1 saturated carbocycles. The number of non-ortho nitro benzene ring substituents is 1. The third-order valence-corrected chi connectivity index (χ3v) is 4.16. The first-order valence-electron chi connectivity index (χ1n) is 7.69. The van der Waals surface area contributed by atoms with E-state index in [4.69, 9.17) is 0 Å². The highest BCUT2D eigenvalue weighted by atomic mass is 16.6. The maximum absolute atomic E-state index is 11.0. The Balaban J connectivity index is 1.70. The van der Waals surface area contributed by atoms with Gasteiger partial charge in [0.05, 0.1) is 4.92 Å². The van der Waals surface area contributed by atoms with Crippen LogP contribution in [-0.2, 0) is 0 Å². The van der Waals surface area contributed by atoms with E-state index in [0.717, 1.165) is 43.5 Å². The molecule has 6 heteroatoms. The maximum atomic E-state index is 11.0. The lowest BCUT2D eigenvalue weighted by atomic mass is 10.2. The summed E-state index contributed by atoms with van der Waals surface area (Å²) in [4.78, 5) is 13.2. The molecule has 1 atom stereocenters. The molecule has 1 aromatic carbocycles. The Morgan fingerprint density at radius 3 is 2.71 bits per heavy atom. The number of nitrogens with zero attached hydrogens (tertiary/aromatic N) is 2. The fraction of sp³-hybridized carbons (Fsp3) is 0.600. The molecule has 3 rings (SSSR count). The van der Waals surface area contributed by atoms with Crippen molar-refractivity contribution < 1.29 is 4.92 Å². The summed E-state index contributed by atoms with van der Waals surface area (Å²) < 4.78 is 0. The molecule has 2 fully saturated rings. The molecular formula is C15H22N4O2. The molecule has 0 bridgehead atoms. The number of anilines is 2. The van der Waals surface area contributed by atoms with Gasteiger partial charge in [-0.15, -0.1) is 0 Å². The summed E-state index contributed by atoms with van der Waals surface area (Å²) in [5.41, 5.74) is 1.77. The summed E-state index contributed by atoms with van der Waals surface area (Å²) in [7, 11) is 0. The van der Waals surface area contributed by atoms with Crippen LogP contribution in [0, 0.1) is 10.1 Å². The second kappa shape index (κ2) is 5.89. The standard InChI is InChI=1S/C15H22N4O2/c1-2-16-12-7-13(9-15(8-12)19(20)21)17-11-5-6-18(10-11)14-3-4-14/h7-9,11,14,16-17H,2-6,10H2,1H3. The van der Waals surface area contributed by atoms with Crippen molar-refractivity contribution in [3.05, 3.63) is 28.3 Å². The third-order valence-electron chi connectivity index (χ3n) is 4.16. The van der Waals surface area contributed by atoms with Crippen LogP contribution in [0.3, 0.4) is 0 Å². The first kappa shape index (κ1) is 14.1. The molecule has 0 radical (unpaired) electrons. The Labute approximate surface area is 124 Å². The van der Waals surface area contributed by atoms with Crippen LogP contribution in [0.2, 0.25) is 0 Å². The lowest BCUT2D eigenvalue weighted by Crippen LogP contribution is -2.27. The van der Waals surface area contributed by atoms with Gasteiger partial charge in [0.25, 0.3) is 5.69 Å². The molecule has 1 unspecified atom stereocenters. The van der Waals surface area contributed by atoms with Crippen molar-refractivity contribution in [2.75, 3.05) is 30.3 Å². The van der Waals surface area contributed by atoms with E-state index in [1.807, 2.05) is 13.0 Å². The molecule has 21 heavy (non-hydrogen) atoms. The van der Waals surface area contributed by atoms with Crippen LogP contribution in [0.5, 0.6) is 0 Å². The minimum absolute atomic E-state index is 0.132. The monoisotopic (exact) mass is 290 g/mol. The highest BCUT2D eigenvalue weighted by Crippen LogP contribution is 2.31. The summed E-state index contributed by atoms with van der Waals surface area (Å²) in [6.07, 6.45) is 3.76. The summed E-state index contributed by atoms with van der Waals surface area (Å²) in [5, 5.41) is 17.6. The number of benzene rings is 1. The van der Waals surface area contributed by atoms with Gasteiger partial charge in [-0.05, 0) is 32.3 Å². The van der Waals surface area contributed by atoms with Crippen LogP contribution in [-0.4, -0.2) is 41.5 Å². The smallest absolute Gasteiger partial charge is 0.273 e. The molecule has 6 nitrogen and oxygen atoms in total. The average molecular weight is 290 g/mol. The van der Waals surface area contributed by atoms with Crippen LogP contribution in [0.25, 0.3) is 0 Å². The molecule has 0 aromatic heterocycles. The van der Waals surface area contributed by atoms with Crippen molar-refractivity contribution in [1.82, 2.24) is 4.90 Å². The van der Waals surface area contributed by atoms with E-state index in [0.29, 0.717) is 6.04 Å². The van der Waals surface area contributed by atoms with E-state index in [9.17, 15) is 10.1 Å². The van der Waals surface area contributed by atoms with Crippen LogP contribution < -0.4 is 10.6 Å². The van der Waals surface area contributed by atoms with Gasteiger partial charge in [-0.3, -0.25) is 15.0 Å². The average Bonchev–Trinajstić information content (AvgIpc) is 3.20. The lowest BCUT2D eigenvalue weighted by Gasteiger charge is -2.17. The van der Waals surface area contributed by atoms with E-state index < -0.39 is 0 Å². The molecule has 0 amide bonds. The number of nitro benzene ring substituents is 1. The van der Waals surface area contributed by atoms with Gasteiger partial charge >= 0.3 is 0 Å². The normalized spacial score (nSPS) is 22.2. The number of rotatable bonds is 6. The topological polar surface area (TPSA) is 70.4 Å². The van der Waals surface area contributed by atoms with Gasteiger partial charge in [0.2, 0.25) is 0 Å². The minimum atomic E-state index is -0.336. The SMILES string of the molecule is CCNc1cc(NC2CCN(C3CC3)C2)cc([N+](=O)[O-])c1. The number of hydrogen-bond acceptors (Lipinski definition) is 5. The Morgan fingerprint density at radius 2 is 2.05 bits per heavy atom. The zero-order valence-electron chi connectivity index (χ0n) is 12.3. The first-order valence-corrected chi connectivity index (χ1v) is 7.69. The van der Waals surface area contributed by atoms with Gasteiger partial charge in [-0.1, -0.05) is 0 Å². The van der Waals surface area contributed by atoms with Gasteiger partial charge in [0.1, 0.15) is 0 Å². The van der Waals surface area contributed by atoms with E-state index in [-0.39, 0.29) is 10.6 Å². The van der Waals surface area contributed by atoms with Gasteiger partial charge in [-0.2, -0.15) is 0 Å². The zero-order chi connectivity index (χ0) is 14.8. The Kier molecular flexibility index (Phi) is 3.96. The first-order chi connectivity index (χ1) is 10.2. The van der Waals surface area contributed by atoms with Crippen LogP contribution >= 0.6 is 0 Å².